The third-order valence-electron chi connectivity index (χ3n) is 9.82. The van der Waals surface area contributed by atoms with Gasteiger partial charge in [-0.2, -0.15) is 0 Å². The summed E-state index contributed by atoms with van der Waals surface area (Å²) in [6.07, 6.45) is 18.8. The number of hydrogen-bond acceptors (Lipinski definition) is 3. The van der Waals surface area contributed by atoms with Crippen molar-refractivity contribution in [3.63, 3.8) is 0 Å². The van der Waals surface area contributed by atoms with Crippen molar-refractivity contribution in [2.75, 3.05) is 5.32 Å². The molecule has 4 nitrogen and oxygen atoms in total. The molecule has 0 saturated heterocycles. The second-order valence-electron chi connectivity index (χ2n) is 13.1. The second kappa shape index (κ2) is 14.3. The highest BCUT2D eigenvalue weighted by Gasteiger charge is 2.50. The SMILES string of the molecule is C=C1CC[C@H](O)C/C1=C/C=C1\CCC[C@]2(C)[C@@H]([C@H](C)/C=C/[C@H](C)C(C)C)CC[C@@H]12.CC(=O)Nc1ccc(O)cc1. The van der Waals surface area contributed by atoms with E-state index in [1.54, 1.807) is 17.7 Å². The van der Waals surface area contributed by atoms with Gasteiger partial charge in [-0.05, 0) is 116 Å². The number of amides is 1. The summed E-state index contributed by atoms with van der Waals surface area (Å²) in [5.41, 5.74) is 5.30. The number of aliphatic hydroxyl groups excluding tert-OH is 1. The molecule has 0 radical (unpaired) electrons. The molecule has 3 aliphatic rings. The van der Waals surface area contributed by atoms with Crippen molar-refractivity contribution in [1.82, 2.24) is 0 Å². The Kier molecular flexibility index (Phi) is 11.5. The molecule has 6 atom stereocenters. The second-order valence-corrected chi connectivity index (χ2v) is 13.1. The first-order chi connectivity index (χ1) is 18.9. The molecule has 4 rings (SSSR count). The summed E-state index contributed by atoms with van der Waals surface area (Å²) in [5.74, 6) is 3.65. The zero-order chi connectivity index (χ0) is 29.4. The summed E-state index contributed by atoms with van der Waals surface area (Å²) in [6, 6.07) is 6.31. The molecule has 0 aliphatic heterocycles. The minimum atomic E-state index is -0.182. The fourth-order valence-electron chi connectivity index (χ4n) is 6.99. The molecule has 3 N–H and O–H groups in total. The normalized spacial score (nSPS) is 30.2. The van der Waals surface area contributed by atoms with Crippen LogP contribution in [0.5, 0.6) is 5.75 Å². The van der Waals surface area contributed by atoms with Gasteiger partial charge in [0.25, 0.3) is 0 Å². The van der Waals surface area contributed by atoms with E-state index in [2.05, 4.69) is 70.8 Å². The van der Waals surface area contributed by atoms with Crippen LogP contribution in [0.15, 0.2) is 71.9 Å². The molecule has 220 valence electrons. The van der Waals surface area contributed by atoms with Gasteiger partial charge in [0, 0.05) is 12.6 Å². The van der Waals surface area contributed by atoms with Gasteiger partial charge in [-0.1, -0.05) is 76.6 Å². The Bertz CT molecular complexity index is 1100. The molecular weight excluding hydrogens is 494 g/mol. The molecule has 1 amide bonds. The van der Waals surface area contributed by atoms with Gasteiger partial charge >= 0.3 is 0 Å². The van der Waals surface area contributed by atoms with Gasteiger partial charge in [0.1, 0.15) is 5.75 Å². The minimum Gasteiger partial charge on any atom is -0.508 e. The van der Waals surface area contributed by atoms with Crippen LogP contribution >= 0.6 is 0 Å². The number of carbonyl (C=O) groups excluding carboxylic acids is 1. The number of phenolic OH excluding ortho intramolecular Hbond substituents is 1. The van der Waals surface area contributed by atoms with Gasteiger partial charge in [-0.15, -0.1) is 0 Å². The van der Waals surface area contributed by atoms with Gasteiger partial charge in [-0.3, -0.25) is 4.79 Å². The Hall–Kier alpha value is -2.59. The van der Waals surface area contributed by atoms with Crippen LogP contribution in [-0.4, -0.2) is 22.2 Å². The maximum Gasteiger partial charge on any atom is 0.221 e. The Morgan fingerprint density at radius 1 is 1.05 bits per heavy atom. The number of phenols is 1. The quantitative estimate of drug-likeness (QED) is 0.246. The molecule has 3 aliphatic carbocycles. The van der Waals surface area contributed by atoms with Crippen LogP contribution in [0.25, 0.3) is 0 Å². The predicted octanol–water partition coefficient (Wildman–Crippen LogP) is 8.99. The Morgan fingerprint density at radius 3 is 2.40 bits per heavy atom. The first-order valence-corrected chi connectivity index (χ1v) is 15.4. The topological polar surface area (TPSA) is 69.6 Å². The van der Waals surface area contributed by atoms with Gasteiger partial charge in [0.2, 0.25) is 5.91 Å². The third-order valence-corrected chi connectivity index (χ3v) is 9.82. The summed E-state index contributed by atoms with van der Waals surface area (Å²) in [7, 11) is 0. The molecule has 40 heavy (non-hydrogen) atoms. The van der Waals surface area contributed by atoms with Crippen molar-refractivity contribution in [3.05, 3.63) is 71.9 Å². The zero-order valence-corrected chi connectivity index (χ0v) is 25.7. The Balaban J connectivity index is 0.000000336. The number of rotatable bonds is 6. The summed E-state index contributed by atoms with van der Waals surface area (Å²) in [4.78, 5) is 10.5. The number of aromatic hydroxyl groups is 1. The van der Waals surface area contributed by atoms with E-state index in [1.807, 2.05) is 0 Å². The van der Waals surface area contributed by atoms with Crippen molar-refractivity contribution < 1.29 is 15.0 Å². The molecule has 0 bridgehead atoms. The average Bonchev–Trinajstić information content (AvgIpc) is 3.26. The highest BCUT2D eigenvalue weighted by molar-refractivity contribution is 5.88. The van der Waals surface area contributed by atoms with Gasteiger partial charge < -0.3 is 15.5 Å². The van der Waals surface area contributed by atoms with E-state index < -0.39 is 0 Å². The van der Waals surface area contributed by atoms with Crippen molar-refractivity contribution in [3.8, 4) is 5.75 Å². The summed E-state index contributed by atoms with van der Waals surface area (Å²) < 4.78 is 0. The summed E-state index contributed by atoms with van der Waals surface area (Å²) in [5, 5.41) is 21.5. The van der Waals surface area contributed by atoms with Crippen LogP contribution < -0.4 is 5.32 Å². The molecule has 3 fully saturated rings. The number of fused-ring (bicyclic) bond motifs is 1. The summed E-state index contributed by atoms with van der Waals surface area (Å²) >= 11 is 0. The van der Waals surface area contributed by atoms with Crippen LogP contribution in [-0.2, 0) is 4.79 Å². The van der Waals surface area contributed by atoms with E-state index in [-0.39, 0.29) is 17.8 Å². The van der Waals surface area contributed by atoms with E-state index in [0.29, 0.717) is 22.9 Å². The maximum absolute atomic E-state index is 10.5. The molecular formula is C36H53NO3. The predicted molar refractivity (Wildman–Crippen MR) is 168 cm³/mol. The molecule has 0 heterocycles. The van der Waals surface area contributed by atoms with Crippen LogP contribution in [0.4, 0.5) is 5.69 Å². The van der Waals surface area contributed by atoms with Crippen LogP contribution in [0.2, 0.25) is 0 Å². The third kappa shape index (κ3) is 8.46. The first-order valence-electron chi connectivity index (χ1n) is 15.4. The van der Waals surface area contributed by atoms with E-state index in [0.717, 1.165) is 37.0 Å². The van der Waals surface area contributed by atoms with Gasteiger partial charge in [0.15, 0.2) is 0 Å². The number of allylic oxidation sites excluding steroid dienone is 6. The highest BCUT2D eigenvalue weighted by Crippen LogP contribution is 2.59. The number of benzene rings is 1. The molecule has 0 unspecified atom stereocenters. The Morgan fingerprint density at radius 2 is 1.75 bits per heavy atom. The molecule has 0 spiro atoms. The van der Waals surface area contributed by atoms with E-state index in [9.17, 15) is 9.90 Å². The lowest BCUT2D eigenvalue weighted by atomic mass is 9.61. The molecule has 3 saturated carbocycles. The first kappa shape index (κ1) is 31.9. The van der Waals surface area contributed by atoms with Crippen molar-refractivity contribution in [1.29, 1.82) is 0 Å². The molecule has 1 aromatic carbocycles. The van der Waals surface area contributed by atoms with Crippen molar-refractivity contribution in [2.24, 2.45) is 35.0 Å². The van der Waals surface area contributed by atoms with Gasteiger partial charge in [0.05, 0.1) is 6.10 Å². The lowest BCUT2D eigenvalue weighted by molar-refractivity contribution is -0.114. The van der Waals surface area contributed by atoms with Crippen molar-refractivity contribution in [2.45, 2.75) is 99.0 Å². The average molecular weight is 548 g/mol. The lowest BCUT2D eigenvalue weighted by Gasteiger charge is -2.44. The highest BCUT2D eigenvalue weighted by atomic mass is 16.3. The van der Waals surface area contributed by atoms with Crippen molar-refractivity contribution >= 4 is 11.6 Å². The molecule has 0 aromatic heterocycles. The summed E-state index contributed by atoms with van der Waals surface area (Å²) in [6.45, 7) is 17.7. The number of anilines is 1. The zero-order valence-electron chi connectivity index (χ0n) is 25.7. The lowest BCUT2D eigenvalue weighted by Crippen LogP contribution is -2.35. The Labute approximate surface area is 243 Å². The largest absolute Gasteiger partial charge is 0.508 e. The number of hydrogen-bond donors (Lipinski definition) is 3. The smallest absolute Gasteiger partial charge is 0.221 e. The standard InChI is InChI=1S/C28H44O.C8H9NO2/c1-19(2)20(3)9-10-22(5)26-15-16-27-23(8-7-17-28(26,27)6)12-13-24-18-25(29)14-11-21(24)4;1-6(10)9-7-2-4-8(11)5-3-7/h9-10,12-13,19-20,22,25-27,29H,4,7-8,11,14-18H2,1-3,5-6H3;2-5,11H,1H3,(H,9,10)/b10-9+,23-12+,24-13-;/t20-,22+,25-,26+,27-,28+;/m0./s1. The number of aliphatic hydroxyl groups is 1. The van der Waals surface area contributed by atoms with Crippen LogP contribution in [0, 0.1) is 35.0 Å². The minimum absolute atomic E-state index is 0.115. The van der Waals surface area contributed by atoms with E-state index in [4.69, 9.17) is 5.11 Å². The monoisotopic (exact) mass is 547 g/mol. The van der Waals surface area contributed by atoms with E-state index >= 15 is 0 Å². The fourth-order valence-corrected chi connectivity index (χ4v) is 6.99. The number of carbonyl (C=O) groups is 1. The maximum atomic E-state index is 10.5. The fraction of sp³-hybridized carbons (Fsp3) is 0.583. The van der Waals surface area contributed by atoms with Crippen LogP contribution in [0.3, 0.4) is 0 Å². The van der Waals surface area contributed by atoms with Crippen LogP contribution in [0.1, 0.15) is 92.9 Å². The number of nitrogens with one attached hydrogen (secondary N) is 1. The van der Waals surface area contributed by atoms with E-state index in [1.165, 1.54) is 62.3 Å². The molecule has 4 heteroatoms. The molecule has 1 aromatic rings. The van der Waals surface area contributed by atoms with Gasteiger partial charge in [-0.25, -0.2) is 0 Å².